The zero-order chi connectivity index (χ0) is 23.9. The van der Waals surface area contributed by atoms with Crippen molar-refractivity contribution in [1.29, 1.82) is 0 Å². The monoisotopic (exact) mass is 464 g/mol. The Morgan fingerprint density at radius 3 is 2.53 bits per heavy atom. The summed E-state index contributed by atoms with van der Waals surface area (Å²) in [4.78, 5) is 0. The molecule has 34 heavy (non-hydrogen) atoms. The molecule has 9 heteroatoms. The molecule has 0 amide bonds. The van der Waals surface area contributed by atoms with Gasteiger partial charge in [-0.15, -0.1) is 15.3 Å². The van der Waals surface area contributed by atoms with E-state index in [9.17, 15) is 9.50 Å². The van der Waals surface area contributed by atoms with Crippen LogP contribution in [0.4, 0.5) is 10.2 Å². The third kappa shape index (κ3) is 4.40. The summed E-state index contributed by atoms with van der Waals surface area (Å²) < 4.78 is 20.0. The van der Waals surface area contributed by atoms with E-state index in [-0.39, 0.29) is 33.8 Å². The van der Waals surface area contributed by atoms with E-state index in [0.29, 0.717) is 23.0 Å². The molecule has 1 aromatic carbocycles. The van der Waals surface area contributed by atoms with Crippen molar-refractivity contribution in [1.82, 2.24) is 25.7 Å². The molecule has 2 bridgehead atoms. The van der Waals surface area contributed by atoms with Gasteiger partial charge in [-0.05, 0) is 69.7 Å². The second kappa shape index (κ2) is 8.47. The topological polar surface area (TPSA) is 105 Å². The van der Waals surface area contributed by atoms with Gasteiger partial charge in [0, 0.05) is 40.4 Å². The third-order valence-corrected chi connectivity index (χ3v) is 7.06. The number of piperidine rings is 1. The molecule has 2 aliphatic rings. The van der Waals surface area contributed by atoms with Crippen LogP contribution in [0.3, 0.4) is 0 Å². The number of hydrogen-bond donors (Lipinski definition) is 3. The van der Waals surface area contributed by atoms with E-state index in [1.54, 1.807) is 12.1 Å². The number of halogens is 1. The van der Waals surface area contributed by atoms with Crippen LogP contribution in [-0.4, -0.2) is 50.2 Å². The molecule has 4 heterocycles. The van der Waals surface area contributed by atoms with Crippen LogP contribution in [0.5, 0.6) is 11.6 Å². The average molecular weight is 465 g/mol. The van der Waals surface area contributed by atoms with E-state index in [1.165, 1.54) is 38.3 Å². The summed E-state index contributed by atoms with van der Waals surface area (Å²) in [5.74, 6) is 0.863. The molecule has 2 atom stereocenters. The molecule has 178 valence electrons. The van der Waals surface area contributed by atoms with Gasteiger partial charge in [0.05, 0.1) is 19.0 Å². The number of phenolic OH excluding ortho intramolecular Hbond substituents is 1. The first kappa shape index (κ1) is 22.5. The summed E-state index contributed by atoms with van der Waals surface area (Å²) in [5, 5.41) is 33.9. The smallest absolute Gasteiger partial charge is 0.233 e. The highest BCUT2D eigenvalue weighted by atomic mass is 19.1. The van der Waals surface area contributed by atoms with Crippen LogP contribution in [0, 0.1) is 11.7 Å². The van der Waals surface area contributed by atoms with Crippen LogP contribution in [0.2, 0.25) is 0 Å². The maximum absolute atomic E-state index is 14.9. The van der Waals surface area contributed by atoms with Crippen LogP contribution in [0.15, 0.2) is 36.5 Å². The molecule has 2 unspecified atom stereocenters. The molecule has 3 aromatic rings. The fourth-order valence-corrected chi connectivity index (χ4v) is 5.60. The lowest BCUT2D eigenvalue weighted by molar-refractivity contribution is 0.178. The number of ether oxygens (including phenoxy) is 1. The second-order valence-electron chi connectivity index (χ2n) is 10.0. The first-order valence-electron chi connectivity index (χ1n) is 11.5. The standard InChI is InChI=1S/C25H29FN6O2/c1-24-6-7-25(2,32-24)12-15(11-24)13-27-22-5-4-20(29-30-22)18-9-19(26)17(10-21(18)33)16-8-23(34-3)31-28-14-16/h4-5,8-10,14-15,32-33H,6-7,11-13H2,1-3H3,(H,27,30). The van der Waals surface area contributed by atoms with Crippen molar-refractivity contribution in [2.45, 2.75) is 50.6 Å². The number of fused-ring (bicyclic) bond motifs is 2. The number of aromatic nitrogens is 4. The lowest BCUT2D eigenvalue weighted by Gasteiger charge is -2.42. The number of rotatable bonds is 6. The van der Waals surface area contributed by atoms with Crippen LogP contribution in [-0.2, 0) is 0 Å². The Morgan fingerprint density at radius 2 is 1.85 bits per heavy atom. The number of benzene rings is 1. The number of nitrogens with zero attached hydrogens (tertiary/aromatic N) is 4. The van der Waals surface area contributed by atoms with E-state index < -0.39 is 5.82 Å². The number of nitrogens with one attached hydrogen (secondary N) is 2. The van der Waals surface area contributed by atoms with Gasteiger partial charge in [-0.25, -0.2) is 4.39 Å². The minimum Gasteiger partial charge on any atom is -0.507 e. The number of anilines is 1. The van der Waals surface area contributed by atoms with Crippen LogP contribution >= 0.6 is 0 Å². The van der Waals surface area contributed by atoms with Gasteiger partial charge in [-0.1, -0.05) is 0 Å². The van der Waals surface area contributed by atoms with Crippen LogP contribution in [0.25, 0.3) is 22.4 Å². The van der Waals surface area contributed by atoms with Gasteiger partial charge in [0.2, 0.25) is 5.88 Å². The van der Waals surface area contributed by atoms with Crippen molar-refractivity contribution in [3.05, 3.63) is 42.3 Å². The quantitative estimate of drug-likeness (QED) is 0.499. The molecule has 0 spiro atoms. The zero-order valence-electron chi connectivity index (χ0n) is 19.6. The first-order chi connectivity index (χ1) is 16.3. The van der Waals surface area contributed by atoms with Crippen molar-refractivity contribution in [2.24, 2.45) is 5.92 Å². The molecule has 0 radical (unpaired) electrons. The number of methoxy groups -OCH3 is 1. The molecule has 2 aromatic heterocycles. The van der Waals surface area contributed by atoms with E-state index in [1.807, 2.05) is 6.07 Å². The van der Waals surface area contributed by atoms with Gasteiger partial charge >= 0.3 is 0 Å². The van der Waals surface area contributed by atoms with Crippen molar-refractivity contribution >= 4 is 5.82 Å². The van der Waals surface area contributed by atoms with Gasteiger partial charge in [-0.2, -0.15) is 5.10 Å². The minimum absolute atomic E-state index is 0.103. The molecule has 0 aliphatic carbocycles. The molecular formula is C25H29FN6O2. The molecule has 2 fully saturated rings. The average Bonchev–Trinajstić information content (AvgIpc) is 3.06. The molecule has 8 nitrogen and oxygen atoms in total. The number of phenols is 1. The first-order valence-corrected chi connectivity index (χ1v) is 11.5. The maximum Gasteiger partial charge on any atom is 0.233 e. The van der Waals surface area contributed by atoms with Gasteiger partial charge < -0.3 is 20.5 Å². The van der Waals surface area contributed by atoms with Crippen molar-refractivity contribution < 1.29 is 14.2 Å². The Hall–Kier alpha value is -3.33. The maximum atomic E-state index is 14.9. The normalized spacial score (nSPS) is 25.8. The molecule has 2 aliphatic heterocycles. The van der Waals surface area contributed by atoms with Gasteiger partial charge in [-0.3, -0.25) is 0 Å². The lowest BCUT2D eigenvalue weighted by Crippen LogP contribution is -2.54. The summed E-state index contributed by atoms with van der Waals surface area (Å²) in [6, 6.07) is 7.70. The molecular weight excluding hydrogens is 435 g/mol. The van der Waals surface area contributed by atoms with Gasteiger partial charge in [0.15, 0.2) is 0 Å². The molecule has 3 N–H and O–H groups in total. The van der Waals surface area contributed by atoms with E-state index in [4.69, 9.17) is 4.74 Å². The molecule has 0 saturated carbocycles. The van der Waals surface area contributed by atoms with E-state index in [0.717, 1.165) is 19.4 Å². The zero-order valence-corrected chi connectivity index (χ0v) is 19.6. The van der Waals surface area contributed by atoms with Crippen LogP contribution in [0.1, 0.15) is 39.5 Å². The summed E-state index contributed by atoms with van der Waals surface area (Å²) in [7, 11) is 1.46. The highest BCUT2D eigenvalue weighted by Crippen LogP contribution is 2.44. The Bertz CT molecular complexity index is 1190. The van der Waals surface area contributed by atoms with E-state index >= 15 is 0 Å². The Labute approximate surface area is 198 Å². The molecule has 5 rings (SSSR count). The van der Waals surface area contributed by atoms with Crippen molar-refractivity contribution in [2.75, 3.05) is 19.0 Å². The predicted molar refractivity (Wildman–Crippen MR) is 127 cm³/mol. The minimum atomic E-state index is -0.519. The Morgan fingerprint density at radius 1 is 1.09 bits per heavy atom. The fourth-order valence-electron chi connectivity index (χ4n) is 5.60. The van der Waals surface area contributed by atoms with Gasteiger partial charge in [0.1, 0.15) is 17.4 Å². The van der Waals surface area contributed by atoms with Crippen LogP contribution < -0.4 is 15.4 Å². The fraction of sp³-hybridized carbons (Fsp3) is 0.440. The lowest BCUT2D eigenvalue weighted by atomic mass is 9.80. The highest BCUT2D eigenvalue weighted by molar-refractivity contribution is 5.75. The highest BCUT2D eigenvalue weighted by Gasteiger charge is 2.48. The van der Waals surface area contributed by atoms with Crippen molar-refractivity contribution in [3.8, 4) is 34.0 Å². The Kier molecular flexibility index (Phi) is 5.59. The Balaban J connectivity index is 1.29. The summed E-state index contributed by atoms with van der Waals surface area (Å²) >= 11 is 0. The molecule has 2 saturated heterocycles. The van der Waals surface area contributed by atoms with E-state index in [2.05, 4.69) is 44.9 Å². The summed E-state index contributed by atoms with van der Waals surface area (Å²) in [5.41, 5.74) is 1.74. The predicted octanol–water partition coefficient (Wildman–Crippen LogP) is 4.18. The number of aromatic hydroxyl groups is 1. The van der Waals surface area contributed by atoms with Crippen molar-refractivity contribution in [3.63, 3.8) is 0 Å². The summed E-state index contributed by atoms with van der Waals surface area (Å²) in [6.45, 7) is 5.47. The third-order valence-electron chi connectivity index (χ3n) is 7.06. The van der Waals surface area contributed by atoms with Gasteiger partial charge in [0.25, 0.3) is 0 Å². The second-order valence-corrected chi connectivity index (χ2v) is 10.0. The summed E-state index contributed by atoms with van der Waals surface area (Å²) in [6.07, 6.45) is 6.13. The largest absolute Gasteiger partial charge is 0.507 e. The number of hydrogen-bond acceptors (Lipinski definition) is 8. The SMILES string of the molecule is COc1cc(-c2cc(O)c(-c3ccc(NCC4CC5(C)CCC(C)(C4)N5)nn3)cc2F)cnn1.